The highest BCUT2D eigenvalue weighted by atomic mass is 35.5. The molecule has 0 rings (SSSR count). The Bertz CT molecular complexity index is 67.1. The molecular formula is C4H9ClO2S. The molecule has 0 aliphatic heterocycles. The minimum Gasteiger partial charge on any atom is -0.481 e. The number of carboxylic acids is 1. The van der Waals surface area contributed by atoms with Crippen LogP contribution < -0.4 is 0 Å². The number of rotatable bonds is 3. The van der Waals surface area contributed by atoms with Crippen molar-refractivity contribution in [3.8, 4) is 0 Å². The van der Waals surface area contributed by atoms with Crippen LogP contribution in [-0.2, 0) is 4.79 Å². The summed E-state index contributed by atoms with van der Waals surface area (Å²) in [5, 5.41) is 8.01. The van der Waals surface area contributed by atoms with E-state index >= 15 is 0 Å². The summed E-state index contributed by atoms with van der Waals surface area (Å²) in [5.74, 6) is -0.0826. The number of thiol groups is 1. The lowest BCUT2D eigenvalue weighted by atomic mass is 10.3. The maximum absolute atomic E-state index is 9.72. The number of carbonyl (C=O) groups is 1. The van der Waals surface area contributed by atoms with Gasteiger partial charge in [0, 0.05) is 6.42 Å². The Balaban J connectivity index is 0. The number of halogens is 1. The quantitative estimate of drug-likeness (QED) is 0.603. The van der Waals surface area contributed by atoms with E-state index in [0.717, 1.165) is 0 Å². The minimum absolute atomic E-state index is 0. The molecule has 0 bridgehead atoms. The van der Waals surface area contributed by atoms with Crippen LogP contribution in [0.15, 0.2) is 0 Å². The lowest BCUT2D eigenvalue weighted by Crippen LogP contribution is -1.93. The molecule has 0 aliphatic rings. The largest absolute Gasteiger partial charge is 0.481 e. The number of carboxylic acid groups (broad SMARTS) is 1. The van der Waals surface area contributed by atoms with Gasteiger partial charge in [-0.3, -0.25) is 4.79 Å². The van der Waals surface area contributed by atoms with E-state index in [2.05, 4.69) is 12.6 Å². The number of hydrogen-bond acceptors (Lipinski definition) is 2. The molecule has 0 amide bonds. The van der Waals surface area contributed by atoms with Gasteiger partial charge in [-0.15, -0.1) is 12.4 Å². The van der Waals surface area contributed by atoms with Crippen LogP contribution in [-0.4, -0.2) is 16.8 Å². The van der Waals surface area contributed by atoms with Gasteiger partial charge in [0.25, 0.3) is 0 Å². The van der Waals surface area contributed by atoms with Crippen LogP contribution in [0.2, 0.25) is 0 Å². The predicted molar refractivity (Wildman–Crippen MR) is 38.0 cm³/mol. The lowest BCUT2D eigenvalue weighted by Gasteiger charge is -1.85. The Morgan fingerprint density at radius 1 is 1.62 bits per heavy atom. The van der Waals surface area contributed by atoms with Crippen molar-refractivity contribution in [2.24, 2.45) is 0 Å². The average Bonchev–Trinajstić information content (AvgIpc) is 1.61. The first-order valence-electron chi connectivity index (χ1n) is 2.10. The summed E-state index contributed by atoms with van der Waals surface area (Å²) in [5.41, 5.74) is 0. The summed E-state index contributed by atoms with van der Waals surface area (Å²) in [6.45, 7) is 0. The normalized spacial score (nSPS) is 7.62. The smallest absolute Gasteiger partial charge is 0.303 e. The molecule has 2 nitrogen and oxygen atoms in total. The molecule has 0 spiro atoms. The van der Waals surface area contributed by atoms with Gasteiger partial charge in [-0.1, -0.05) is 0 Å². The van der Waals surface area contributed by atoms with Crippen molar-refractivity contribution in [1.82, 2.24) is 0 Å². The van der Waals surface area contributed by atoms with E-state index in [1.165, 1.54) is 0 Å². The Hall–Kier alpha value is 0.110. The van der Waals surface area contributed by atoms with Gasteiger partial charge in [0.1, 0.15) is 0 Å². The van der Waals surface area contributed by atoms with Crippen molar-refractivity contribution >= 4 is 31.0 Å². The van der Waals surface area contributed by atoms with Crippen molar-refractivity contribution in [3.05, 3.63) is 0 Å². The molecule has 0 saturated carbocycles. The summed E-state index contributed by atoms with van der Waals surface area (Å²) in [7, 11) is 0. The molecule has 0 aromatic carbocycles. The predicted octanol–water partition coefficient (Wildman–Crippen LogP) is 1.20. The van der Waals surface area contributed by atoms with Crippen molar-refractivity contribution < 1.29 is 9.90 Å². The zero-order valence-corrected chi connectivity index (χ0v) is 6.04. The molecule has 0 aromatic heterocycles. The molecule has 4 heteroatoms. The van der Waals surface area contributed by atoms with E-state index in [1.807, 2.05) is 0 Å². The van der Waals surface area contributed by atoms with Crippen LogP contribution in [0.3, 0.4) is 0 Å². The fraction of sp³-hybridized carbons (Fsp3) is 0.750. The highest BCUT2D eigenvalue weighted by molar-refractivity contribution is 7.80. The molecule has 0 atom stereocenters. The van der Waals surface area contributed by atoms with Gasteiger partial charge in [-0.2, -0.15) is 12.6 Å². The summed E-state index contributed by atoms with van der Waals surface area (Å²) in [6.07, 6.45) is 0.905. The molecule has 50 valence electrons. The number of hydrogen-bond donors (Lipinski definition) is 2. The fourth-order valence-electron chi connectivity index (χ4n) is 0.230. The van der Waals surface area contributed by atoms with Crippen molar-refractivity contribution in [1.29, 1.82) is 0 Å². The molecular weight excluding hydrogens is 148 g/mol. The second-order valence-electron chi connectivity index (χ2n) is 1.22. The Kier molecular flexibility index (Phi) is 9.76. The molecule has 0 fully saturated rings. The Labute approximate surface area is 60.1 Å². The van der Waals surface area contributed by atoms with Gasteiger partial charge < -0.3 is 5.11 Å². The zero-order chi connectivity index (χ0) is 5.70. The summed E-state index contributed by atoms with van der Waals surface area (Å²) in [4.78, 5) is 9.72. The van der Waals surface area contributed by atoms with Crippen molar-refractivity contribution in [2.45, 2.75) is 12.8 Å². The third kappa shape index (κ3) is 9.44. The standard InChI is InChI=1S/C4H8O2S.ClH/c5-4(6)2-1-3-7;/h7H,1-3H2,(H,5,6);1H. The number of aliphatic carboxylic acids is 1. The average molecular weight is 157 g/mol. The topological polar surface area (TPSA) is 37.3 Å². The fourth-order valence-corrected chi connectivity index (χ4v) is 0.388. The maximum Gasteiger partial charge on any atom is 0.303 e. The van der Waals surface area contributed by atoms with Crippen LogP contribution in [0.4, 0.5) is 0 Å². The third-order valence-electron chi connectivity index (χ3n) is 0.549. The first-order valence-corrected chi connectivity index (χ1v) is 2.73. The van der Waals surface area contributed by atoms with E-state index < -0.39 is 5.97 Å². The van der Waals surface area contributed by atoms with Gasteiger partial charge in [-0.05, 0) is 12.2 Å². The van der Waals surface area contributed by atoms with Gasteiger partial charge in [0.15, 0.2) is 0 Å². The maximum atomic E-state index is 9.72. The Morgan fingerprint density at radius 3 is 2.25 bits per heavy atom. The second kappa shape index (κ2) is 7.11. The van der Waals surface area contributed by atoms with Gasteiger partial charge >= 0.3 is 5.97 Å². The van der Waals surface area contributed by atoms with Gasteiger partial charge in [-0.25, -0.2) is 0 Å². The van der Waals surface area contributed by atoms with E-state index in [-0.39, 0.29) is 18.8 Å². The molecule has 0 aliphatic carbocycles. The Morgan fingerprint density at radius 2 is 2.12 bits per heavy atom. The van der Waals surface area contributed by atoms with Crippen molar-refractivity contribution in [2.75, 3.05) is 5.75 Å². The van der Waals surface area contributed by atoms with E-state index in [9.17, 15) is 4.79 Å². The molecule has 0 saturated heterocycles. The molecule has 1 N–H and O–H groups in total. The third-order valence-corrected chi connectivity index (χ3v) is 0.865. The van der Waals surface area contributed by atoms with Crippen LogP contribution >= 0.6 is 25.0 Å². The van der Waals surface area contributed by atoms with E-state index in [4.69, 9.17) is 5.11 Å². The summed E-state index contributed by atoms with van der Waals surface area (Å²) in [6, 6.07) is 0. The van der Waals surface area contributed by atoms with Crippen LogP contribution in [0.1, 0.15) is 12.8 Å². The van der Waals surface area contributed by atoms with Crippen LogP contribution in [0.25, 0.3) is 0 Å². The van der Waals surface area contributed by atoms with E-state index in [1.54, 1.807) is 0 Å². The van der Waals surface area contributed by atoms with Gasteiger partial charge in [0.2, 0.25) is 0 Å². The first-order chi connectivity index (χ1) is 3.27. The highest BCUT2D eigenvalue weighted by Gasteiger charge is 1.91. The molecule has 8 heavy (non-hydrogen) atoms. The van der Waals surface area contributed by atoms with Crippen LogP contribution in [0.5, 0.6) is 0 Å². The monoisotopic (exact) mass is 156 g/mol. The minimum atomic E-state index is -0.742. The molecule has 0 unspecified atom stereocenters. The van der Waals surface area contributed by atoms with E-state index in [0.29, 0.717) is 12.2 Å². The zero-order valence-electron chi connectivity index (χ0n) is 4.33. The SMILES string of the molecule is Cl.O=C(O)CCCS. The summed E-state index contributed by atoms with van der Waals surface area (Å²) >= 11 is 3.83. The van der Waals surface area contributed by atoms with Gasteiger partial charge in [0.05, 0.1) is 0 Å². The molecule has 0 aromatic rings. The first kappa shape index (κ1) is 11.0. The summed E-state index contributed by atoms with van der Waals surface area (Å²) < 4.78 is 0. The lowest BCUT2D eigenvalue weighted by molar-refractivity contribution is -0.137. The molecule has 0 radical (unpaired) electrons. The second-order valence-corrected chi connectivity index (χ2v) is 1.67. The highest BCUT2D eigenvalue weighted by Crippen LogP contribution is 1.88. The van der Waals surface area contributed by atoms with Crippen LogP contribution in [0, 0.1) is 0 Å². The van der Waals surface area contributed by atoms with Crippen molar-refractivity contribution in [3.63, 3.8) is 0 Å². The molecule has 0 heterocycles.